The topological polar surface area (TPSA) is 35.5 Å². The number of carbonyl (C=O) groups excluding carboxylic acids is 1. The van der Waals surface area contributed by atoms with Crippen LogP contribution in [0.25, 0.3) is 0 Å². The molecule has 7 heteroatoms. The second kappa shape index (κ2) is 12.9. The van der Waals surface area contributed by atoms with Crippen LogP contribution in [0.5, 0.6) is 0 Å². The van der Waals surface area contributed by atoms with Crippen LogP contribution in [0.15, 0.2) is 11.8 Å². The van der Waals surface area contributed by atoms with Crippen LogP contribution in [0, 0.1) is 0 Å². The quantitative estimate of drug-likeness (QED) is 0.223. The van der Waals surface area contributed by atoms with E-state index in [4.69, 9.17) is 4.74 Å². The molecule has 0 fully saturated rings. The number of halogens is 3. The average molecular weight is 576 g/mol. The van der Waals surface area contributed by atoms with Gasteiger partial charge >= 0.3 is 70.8 Å². The predicted molar refractivity (Wildman–Crippen MR) is 79.5 cm³/mol. The summed E-state index contributed by atoms with van der Waals surface area (Å²) in [6, 6.07) is 0. The molecule has 0 spiro atoms. The normalized spacial score (nSPS) is 10.4. The second-order valence-electron chi connectivity index (χ2n) is 1.88. The van der Waals surface area contributed by atoms with Crippen molar-refractivity contribution in [2.75, 3.05) is 14.2 Å². The summed E-state index contributed by atoms with van der Waals surface area (Å²) in [7, 11) is 2.86. The summed E-state index contributed by atoms with van der Waals surface area (Å²) in [6.45, 7) is 1.90. The monoisotopic (exact) mass is 576 g/mol. The minimum absolute atomic E-state index is 0.278. The zero-order valence-corrected chi connectivity index (χ0v) is 16.0. The van der Waals surface area contributed by atoms with Gasteiger partial charge in [-0.25, -0.2) is 4.79 Å². The fourth-order valence-corrected chi connectivity index (χ4v) is 0.496. The fourth-order valence-electron chi connectivity index (χ4n) is 0.496. The minimum atomic E-state index is -0.376. The molecule has 0 aliphatic carbocycles. The van der Waals surface area contributed by atoms with Gasteiger partial charge < -0.3 is 9.47 Å². The third kappa shape index (κ3) is 16.2. The Kier molecular flexibility index (Phi) is 16.7. The van der Waals surface area contributed by atoms with Crippen LogP contribution < -0.4 is 0 Å². The van der Waals surface area contributed by atoms with Gasteiger partial charge in [0.1, 0.15) is 5.76 Å². The van der Waals surface area contributed by atoms with Gasteiger partial charge in [0.2, 0.25) is 0 Å². The maximum atomic E-state index is 10.6. The molecular formula is C7H12I3O3V. The molecule has 0 amide bonds. The molecule has 3 nitrogen and oxygen atoms in total. The molecular weight excluding hydrogens is 564 g/mol. The Balaban J connectivity index is 0. The Labute approximate surface area is 122 Å². The summed E-state index contributed by atoms with van der Waals surface area (Å²) in [6.07, 6.45) is 2.03. The number of rotatable bonds is 3. The number of allylic oxidation sites excluding steroid dienone is 1. The molecule has 0 unspecified atom stereocenters. The number of hydrogen-bond acceptors (Lipinski definition) is 3. The van der Waals surface area contributed by atoms with Crippen molar-refractivity contribution in [3.05, 3.63) is 11.8 Å². The summed E-state index contributed by atoms with van der Waals surface area (Å²) >= 11 is 7.39. The van der Waals surface area contributed by atoms with E-state index in [-0.39, 0.29) is 10.9 Å². The van der Waals surface area contributed by atoms with Crippen LogP contribution in [0.3, 0.4) is 0 Å². The van der Waals surface area contributed by atoms with Gasteiger partial charge in [0.25, 0.3) is 0 Å². The van der Waals surface area contributed by atoms with Crippen LogP contribution >= 0.6 is 59.9 Å². The average Bonchev–Trinajstić information content (AvgIpc) is 2.12. The van der Waals surface area contributed by atoms with E-state index in [0.29, 0.717) is 12.2 Å². The Morgan fingerprint density at radius 3 is 1.93 bits per heavy atom. The number of hydrogen-bond donors (Lipinski definition) is 0. The summed E-state index contributed by atoms with van der Waals surface area (Å²) < 4.78 is 9.22. The molecule has 14 heavy (non-hydrogen) atoms. The third-order valence-corrected chi connectivity index (χ3v) is 1.09. The van der Waals surface area contributed by atoms with Crippen molar-refractivity contribution < 1.29 is 19.2 Å². The molecule has 0 aromatic heterocycles. The first-order valence-corrected chi connectivity index (χ1v) is 17.1. The van der Waals surface area contributed by atoms with Gasteiger partial charge in [-0.2, -0.15) is 0 Å². The molecule has 0 aliphatic heterocycles. The first kappa shape index (κ1) is 18.2. The molecule has 0 saturated carbocycles. The number of methoxy groups -OCH3 is 2. The van der Waals surface area contributed by atoms with Gasteiger partial charge in [0.05, 0.1) is 20.3 Å². The summed E-state index contributed by atoms with van der Waals surface area (Å²) in [4.78, 5) is 10.3. The Hall–Kier alpha value is 1.78. The van der Waals surface area contributed by atoms with Crippen molar-refractivity contribution in [3.8, 4) is 0 Å². The van der Waals surface area contributed by atoms with Gasteiger partial charge in [-0.15, -0.1) is 0 Å². The molecule has 0 aliphatic rings. The van der Waals surface area contributed by atoms with Crippen molar-refractivity contribution in [2.45, 2.75) is 13.3 Å². The Bertz CT molecular complexity index is 176. The molecule has 0 rings (SSSR count). The molecule has 0 radical (unpaired) electrons. The van der Waals surface area contributed by atoms with Crippen LogP contribution in [0.2, 0.25) is 0 Å². The molecule has 0 heterocycles. The van der Waals surface area contributed by atoms with Gasteiger partial charge in [0.15, 0.2) is 0 Å². The van der Waals surface area contributed by atoms with Crippen molar-refractivity contribution in [1.82, 2.24) is 0 Å². The van der Waals surface area contributed by atoms with Gasteiger partial charge in [0, 0.05) is 6.42 Å². The van der Waals surface area contributed by atoms with E-state index >= 15 is 0 Å². The van der Waals surface area contributed by atoms with E-state index in [2.05, 4.69) is 64.7 Å². The van der Waals surface area contributed by atoms with Crippen molar-refractivity contribution >= 4 is 65.9 Å². The molecule has 0 aromatic carbocycles. The summed E-state index contributed by atoms with van der Waals surface area (Å²) in [5.74, 6) is 0.255. The van der Waals surface area contributed by atoms with E-state index in [1.54, 1.807) is 0 Å². The van der Waals surface area contributed by atoms with E-state index in [1.807, 2.05) is 6.92 Å². The number of ether oxygens (including phenoxy) is 2. The van der Waals surface area contributed by atoms with Crippen LogP contribution in [0.4, 0.5) is 0 Å². The second-order valence-corrected chi connectivity index (χ2v) is 37.3. The van der Waals surface area contributed by atoms with Crippen molar-refractivity contribution in [3.63, 3.8) is 0 Å². The first-order chi connectivity index (χ1) is 6.47. The zero-order valence-electron chi connectivity index (χ0n) is 8.09. The number of esters is 1. The zero-order chi connectivity index (χ0) is 11.6. The summed E-state index contributed by atoms with van der Waals surface area (Å²) in [5, 5.41) is 0. The molecule has 0 saturated heterocycles. The van der Waals surface area contributed by atoms with Gasteiger partial charge in [-0.3, -0.25) is 0 Å². The summed E-state index contributed by atoms with van der Waals surface area (Å²) in [5.41, 5.74) is 0. The Morgan fingerprint density at radius 1 is 1.29 bits per heavy atom. The van der Waals surface area contributed by atoms with Gasteiger partial charge in [-0.1, -0.05) is 6.92 Å². The van der Waals surface area contributed by atoms with Crippen LogP contribution in [-0.2, 0) is 19.2 Å². The van der Waals surface area contributed by atoms with E-state index < -0.39 is 0 Å². The van der Waals surface area contributed by atoms with E-state index in [9.17, 15) is 4.79 Å². The van der Waals surface area contributed by atoms with Crippen molar-refractivity contribution in [1.29, 1.82) is 0 Å². The molecule has 0 N–H and O–H groups in total. The number of carbonyl (C=O) groups is 1. The standard InChI is InChI=1S/C7H12O3.3HI.V/c1-4-6(9-2)5-7(8)10-3;;;;/h5H,4H2,1-3H3;3*1H;/q;;;;+3/p-3/b6-5+;;;;. The third-order valence-electron chi connectivity index (χ3n) is 1.09. The van der Waals surface area contributed by atoms with E-state index in [0.717, 1.165) is 0 Å². The maximum absolute atomic E-state index is 10.6. The van der Waals surface area contributed by atoms with E-state index in [1.165, 1.54) is 20.3 Å². The Morgan fingerprint density at radius 2 is 1.71 bits per heavy atom. The first-order valence-electron chi connectivity index (χ1n) is 3.57. The van der Waals surface area contributed by atoms with Gasteiger partial charge in [-0.05, 0) is 0 Å². The van der Waals surface area contributed by atoms with Crippen LogP contribution in [0.1, 0.15) is 13.3 Å². The van der Waals surface area contributed by atoms with Crippen LogP contribution in [-0.4, -0.2) is 20.2 Å². The fraction of sp³-hybridized carbons (Fsp3) is 0.571. The molecule has 0 bridgehead atoms. The molecule has 84 valence electrons. The van der Waals surface area contributed by atoms with Crippen molar-refractivity contribution in [2.24, 2.45) is 0 Å². The molecule has 0 aromatic rings. The SMILES string of the molecule is CC/C(=C\C(=O)OC)OC.[I][V]([I])[I]. The molecule has 0 atom stereocenters. The predicted octanol–water partition coefficient (Wildman–Crippen LogP) is 3.75.